The predicted octanol–water partition coefficient (Wildman–Crippen LogP) is 22.3. The average Bonchev–Trinajstić information content (AvgIpc) is 1.01. The molecule has 19 heteroatoms. The molecule has 0 saturated heterocycles. The quantitative estimate of drug-likeness (QED) is 0.0169. The van der Waals surface area contributed by atoms with Crippen molar-refractivity contribution in [3.8, 4) is 0 Å². The van der Waals surface area contributed by atoms with Gasteiger partial charge in [-0.1, -0.05) is 252 Å². The molecule has 0 aliphatic rings. The number of allylic oxidation sites excluding steroid dienone is 20. The van der Waals surface area contributed by atoms with Crippen molar-refractivity contribution in [2.45, 2.75) is 329 Å². The number of hydrogen-bond donors (Lipinski definition) is 3. The van der Waals surface area contributed by atoms with Crippen LogP contribution in [0.25, 0.3) is 0 Å². The number of ether oxygens (including phenoxy) is 4. The number of phosphoric acid groups is 2. The number of unbranched alkanes of at least 4 members (excludes halogenated alkanes) is 26. The zero-order valence-corrected chi connectivity index (χ0v) is 64.4. The highest BCUT2D eigenvalue weighted by Gasteiger charge is 2.30. The van der Waals surface area contributed by atoms with Crippen LogP contribution in [-0.2, 0) is 65.4 Å². The lowest BCUT2D eigenvalue weighted by Gasteiger charge is -2.21. The molecule has 0 rings (SSSR count). The van der Waals surface area contributed by atoms with Crippen molar-refractivity contribution in [2.75, 3.05) is 39.6 Å². The van der Waals surface area contributed by atoms with Crippen molar-refractivity contribution >= 4 is 39.5 Å². The number of carbonyl (C=O) groups is 4. The molecule has 3 N–H and O–H groups in total. The van der Waals surface area contributed by atoms with Crippen LogP contribution in [0.3, 0.4) is 0 Å². The third-order valence-electron chi connectivity index (χ3n) is 15.9. The molecule has 100 heavy (non-hydrogen) atoms. The fourth-order valence-electron chi connectivity index (χ4n) is 10.0. The summed E-state index contributed by atoms with van der Waals surface area (Å²) in [6, 6.07) is 0. The minimum atomic E-state index is -4.99. The second kappa shape index (κ2) is 72.8. The number of aliphatic hydroxyl groups is 1. The van der Waals surface area contributed by atoms with Crippen LogP contribution in [0.5, 0.6) is 0 Å². The second-order valence-corrected chi connectivity index (χ2v) is 28.4. The van der Waals surface area contributed by atoms with Crippen LogP contribution in [0.15, 0.2) is 122 Å². The number of esters is 4. The fourth-order valence-corrected chi connectivity index (χ4v) is 11.6. The first-order valence-corrected chi connectivity index (χ1v) is 41.8. The molecule has 0 radical (unpaired) electrons. The van der Waals surface area contributed by atoms with E-state index in [1.165, 1.54) is 38.5 Å². The van der Waals surface area contributed by atoms with Gasteiger partial charge in [-0.2, -0.15) is 0 Å². The van der Waals surface area contributed by atoms with Gasteiger partial charge in [-0.3, -0.25) is 37.3 Å². The zero-order valence-electron chi connectivity index (χ0n) is 62.6. The van der Waals surface area contributed by atoms with Crippen molar-refractivity contribution in [3.63, 3.8) is 0 Å². The highest BCUT2D eigenvalue weighted by atomic mass is 31.2. The summed E-state index contributed by atoms with van der Waals surface area (Å²) in [5.74, 6) is -2.24. The van der Waals surface area contributed by atoms with E-state index in [0.717, 1.165) is 193 Å². The molecule has 0 aliphatic heterocycles. The van der Waals surface area contributed by atoms with E-state index in [4.69, 9.17) is 37.0 Å². The van der Waals surface area contributed by atoms with Crippen LogP contribution in [-0.4, -0.2) is 96.7 Å². The Hall–Kier alpha value is -4.54. The zero-order chi connectivity index (χ0) is 73.2. The summed E-state index contributed by atoms with van der Waals surface area (Å²) in [6.07, 6.45) is 78.9. The van der Waals surface area contributed by atoms with Gasteiger partial charge < -0.3 is 33.8 Å². The summed E-state index contributed by atoms with van der Waals surface area (Å²) in [7, 11) is -9.97. The first kappa shape index (κ1) is 95.5. The van der Waals surface area contributed by atoms with Gasteiger partial charge in [-0.05, 0) is 154 Å². The summed E-state index contributed by atoms with van der Waals surface area (Å²) >= 11 is 0. The fraction of sp³-hybridized carbons (Fsp3) is 0.704. The van der Waals surface area contributed by atoms with Gasteiger partial charge in [0.05, 0.1) is 26.4 Å². The standard InChI is InChI=1S/C81H138O17P2/c1-5-9-13-17-21-25-29-33-37-41-45-49-53-57-61-65-78(83)91-71-76(97-80(85)67-63-59-55-51-47-43-39-35-31-27-23-19-15-11-7-3)73-95-99(87,88)93-69-75(82)70-94-100(89,90)96-74-77(98-81(86)68-64-60-56-52-48-44-40-36-32-28-24-20-16-12-8-4)72-92-79(84)66-62-58-54-50-46-42-38-34-30-26-22-18-14-10-6-2/h9-10,13-14,21-28,33-40,75-77,82H,5-8,11-12,15-20,29-32,41-74H2,1-4H3,(H,87,88)(H,89,90)/b13-9-,14-10-,25-21-,26-22-,27-23-,28-24-,37-33-,38-34-,39-35-,40-36-. The van der Waals surface area contributed by atoms with Gasteiger partial charge in [0.25, 0.3) is 0 Å². The van der Waals surface area contributed by atoms with Crippen LogP contribution >= 0.6 is 15.6 Å². The van der Waals surface area contributed by atoms with E-state index in [0.29, 0.717) is 25.7 Å². The van der Waals surface area contributed by atoms with E-state index in [2.05, 4.69) is 149 Å². The van der Waals surface area contributed by atoms with Crippen LogP contribution < -0.4 is 0 Å². The number of carbonyl (C=O) groups excluding carboxylic acids is 4. The van der Waals surface area contributed by atoms with E-state index < -0.39 is 97.5 Å². The third kappa shape index (κ3) is 71.8. The molecule has 0 aromatic carbocycles. The number of rotatable bonds is 72. The van der Waals surface area contributed by atoms with Gasteiger partial charge >= 0.3 is 39.5 Å². The van der Waals surface area contributed by atoms with Crippen LogP contribution in [0, 0.1) is 0 Å². The average molecular weight is 1450 g/mol. The normalized spacial score (nSPS) is 14.6. The number of aliphatic hydroxyl groups excluding tert-OH is 1. The van der Waals surface area contributed by atoms with Gasteiger partial charge in [0.15, 0.2) is 12.2 Å². The van der Waals surface area contributed by atoms with Crippen LogP contribution in [0.4, 0.5) is 0 Å². The van der Waals surface area contributed by atoms with Crippen LogP contribution in [0.1, 0.15) is 310 Å². The third-order valence-corrected chi connectivity index (χ3v) is 17.8. The molecule has 17 nitrogen and oxygen atoms in total. The van der Waals surface area contributed by atoms with Crippen molar-refractivity contribution in [2.24, 2.45) is 0 Å². The van der Waals surface area contributed by atoms with Crippen molar-refractivity contribution in [1.82, 2.24) is 0 Å². The molecule has 0 spiro atoms. The summed E-state index contributed by atoms with van der Waals surface area (Å²) in [6.45, 7) is 4.54. The molecule has 0 heterocycles. The van der Waals surface area contributed by atoms with Gasteiger partial charge in [-0.25, -0.2) is 9.13 Å². The Morgan fingerprint density at radius 3 is 0.800 bits per heavy atom. The topological polar surface area (TPSA) is 237 Å². The van der Waals surface area contributed by atoms with Gasteiger partial charge in [0, 0.05) is 25.7 Å². The van der Waals surface area contributed by atoms with E-state index in [-0.39, 0.29) is 25.7 Å². The molecular weight excluding hydrogens is 1310 g/mol. The lowest BCUT2D eigenvalue weighted by Crippen LogP contribution is -2.30. The molecule has 0 aliphatic carbocycles. The molecular formula is C81H138O17P2. The molecule has 0 fully saturated rings. The highest BCUT2D eigenvalue weighted by molar-refractivity contribution is 7.47. The van der Waals surface area contributed by atoms with Crippen molar-refractivity contribution in [3.05, 3.63) is 122 Å². The predicted molar refractivity (Wildman–Crippen MR) is 408 cm³/mol. The Kier molecular flexibility index (Phi) is 69.5. The Bertz CT molecular complexity index is 2210. The summed E-state index contributed by atoms with van der Waals surface area (Å²) in [5, 5.41) is 10.6. The molecule has 4 atom stereocenters. The van der Waals surface area contributed by atoms with E-state index in [1.54, 1.807) is 0 Å². The molecule has 0 bridgehead atoms. The maximum Gasteiger partial charge on any atom is 0.472 e. The highest BCUT2D eigenvalue weighted by Crippen LogP contribution is 2.45. The SMILES string of the molecule is CC/C=C\C/C=C\C/C=C\CCCCCCCC(=O)OCC(COP(=O)(O)OCC(O)COP(=O)(O)OCC(COC(=O)CCCCCCC/C=C\C/C=C\C/C=C\CC)OC(=O)CCCCCCC/C=C\C/C=C\CCCCC)OC(=O)CCCCCCC/C=C\C/C=C\CCCCC. The minimum Gasteiger partial charge on any atom is -0.462 e. The van der Waals surface area contributed by atoms with Crippen LogP contribution in [0.2, 0.25) is 0 Å². The first-order valence-electron chi connectivity index (χ1n) is 38.8. The summed E-state index contributed by atoms with van der Waals surface area (Å²) < 4.78 is 68.5. The molecule has 4 unspecified atom stereocenters. The van der Waals surface area contributed by atoms with Crippen molar-refractivity contribution < 1.29 is 80.2 Å². The minimum absolute atomic E-state index is 0.0726. The Labute approximate surface area is 606 Å². The monoisotopic (exact) mass is 1440 g/mol. The molecule has 574 valence electrons. The van der Waals surface area contributed by atoms with Gasteiger partial charge in [0.2, 0.25) is 0 Å². The number of hydrogen-bond acceptors (Lipinski definition) is 15. The smallest absolute Gasteiger partial charge is 0.462 e. The van der Waals surface area contributed by atoms with Gasteiger partial charge in [0.1, 0.15) is 19.3 Å². The lowest BCUT2D eigenvalue weighted by molar-refractivity contribution is -0.161. The maximum atomic E-state index is 13.1. The molecule has 0 amide bonds. The molecule has 0 aromatic rings. The van der Waals surface area contributed by atoms with Crippen molar-refractivity contribution in [1.29, 1.82) is 0 Å². The number of phosphoric ester groups is 2. The maximum absolute atomic E-state index is 13.1. The summed E-state index contributed by atoms with van der Waals surface area (Å²) in [5.41, 5.74) is 0. The Morgan fingerprint density at radius 2 is 0.520 bits per heavy atom. The summed E-state index contributed by atoms with van der Waals surface area (Å²) in [4.78, 5) is 72.9. The second-order valence-electron chi connectivity index (χ2n) is 25.5. The molecule has 0 saturated carbocycles. The Morgan fingerprint density at radius 1 is 0.290 bits per heavy atom. The molecule has 0 aromatic heterocycles. The van der Waals surface area contributed by atoms with E-state index >= 15 is 0 Å². The van der Waals surface area contributed by atoms with E-state index in [1.807, 2.05) is 0 Å². The van der Waals surface area contributed by atoms with E-state index in [9.17, 15) is 43.2 Å². The lowest BCUT2D eigenvalue weighted by atomic mass is 10.1. The first-order chi connectivity index (χ1) is 48.7. The Balaban J connectivity index is 5.41. The largest absolute Gasteiger partial charge is 0.472 e. The van der Waals surface area contributed by atoms with Gasteiger partial charge in [-0.15, -0.1) is 0 Å².